The Labute approximate surface area is 224 Å². The van der Waals surface area contributed by atoms with Crippen LogP contribution in [0.2, 0.25) is 10.0 Å². The molecular formula is C28H24Cl2N2O5. The minimum absolute atomic E-state index is 0.160. The van der Waals surface area contributed by atoms with Gasteiger partial charge < -0.3 is 9.47 Å². The second kappa shape index (κ2) is 11.1. The largest absolute Gasteiger partial charge is 0.490 e. The smallest absolute Gasteiger partial charge is 0.335 e. The first-order chi connectivity index (χ1) is 17.7. The molecule has 9 heteroatoms. The fourth-order valence-corrected chi connectivity index (χ4v) is 4.32. The first-order valence-corrected chi connectivity index (χ1v) is 12.3. The number of urea groups is 1. The van der Waals surface area contributed by atoms with E-state index in [1.807, 2.05) is 38.1 Å². The summed E-state index contributed by atoms with van der Waals surface area (Å²) in [6.07, 6.45) is 1.37. The van der Waals surface area contributed by atoms with Crippen LogP contribution in [-0.4, -0.2) is 24.5 Å². The van der Waals surface area contributed by atoms with Crippen LogP contribution in [-0.2, 0) is 16.2 Å². The summed E-state index contributed by atoms with van der Waals surface area (Å²) < 4.78 is 11.7. The van der Waals surface area contributed by atoms with Crippen molar-refractivity contribution in [2.75, 3.05) is 11.5 Å². The van der Waals surface area contributed by atoms with Gasteiger partial charge in [0.2, 0.25) is 0 Å². The van der Waals surface area contributed by atoms with Crippen molar-refractivity contribution < 1.29 is 23.9 Å². The van der Waals surface area contributed by atoms with E-state index in [1.165, 1.54) is 6.08 Å². The molecule has 3 aromatic rings. The number of hydrogen-bond donors (Lipinski definition) is 1. The lowest BCUT2D eigenvalue weighted by Gasteiger charge is -2.28. The molecule has 1 N–H and O–H groups in total. The van der Waals surface area contributed by atoms with Crippen molar-refractivity contribution >= 4 is 52.8 Å². The van der Waals surface area contributed by atoms with Gasteiger partial charge in [0, 0.05) is 10.6 Å². The Balaban J connectivity index is 1.69. The molecule has 0 aliphatic carbocycles. The summed E-state index contributed by atoms with van der Waals surface area (Å²) in [6.45, 7) is 5.98. The number of amides is 4. The van der Waals surface area contributed by atoms with Crippen molar-refractivity contribution in [3.63, 3.8) is 0 Å². The maximum absolute atomic E-state index is 13.3. The molecule has 0 aromatic heterocycles. The van der Waals surface area contributed by atoms with Crippen molar-refractivity contribution in [3.8, 4) is 11.5 Å². The number of halogens is 2. The fraction of sp³-hybridized carbons (Fsp3) is 0.179. The molecule has 4 rings (SSSR count). The lowest BCUT2D eigenvalue weighted by Crippen LogP contribution is -2.54. The van der Waals surface area contributed by atoms with E-state index in [0.717, 1.165) is 21.6 Å². The lowest BCUT2D eigenvalue weighted by molar-refractivity contribution is -0.122. The Hall–Kier alpha value is -3.81. The number of nitrogens with zero attached hydrogens (tertiary/aromatic N) is 1. The molecule has 0 saturated carbocycles. The standard InChI is InChI=1S/C28H24Cl2N2O5/c1-4-36-24-14-18(13-22(30)25(24)37-15-19-9-5-6-10-21(19)29)12-20-26(33)31-28(35)32(27(20)34)23-11-7-8-16(2)17(23)3/h5-14H,4,15H2,1-3H3,(H,31,33,35)/b20-12+. The highest BCUT2D eigenvalue weighted by molar-refractivity contribution is 6.39. The van der Waals surface area contributed by atoms with Gasteiger partial charge in [-0.3, -0.25) is 14.9 Å². The van der Waals surface area contributed by atoms with Crippen LogP contribution in [0, 0.1) is 13.8 Å². The number of rotatable bonds is 7. The topological polar surface area (TPSA) is 84.9 Å². The van der Waals surface area contributed by atoms with Gasteiger partial charge in [-0.15, -0.1) is 0 Å². The third-order valence-electron chi connectivity index (χ3n) is 5.89. The summed E-state index contributed by atoms with van der Waals surface area (Å²) in [4.78, 5) is 39.6. The molecule has 4 amide bonds. The van der Waals surface area contributed by atoms with Gasteiger partial charge in [0.1, 0.15) is 12.2 Å². The van der Waals surface area contributed by atoms with Gasteiger partial charge >= 0.3 is 6.03 Å². The summed E-state index contributed by atoms with van der Waals surface area (Å²) in [5.41, 5.74) is 3.03. The molecule has 1 fully saturated rings. The van der Waals surface area contributed by atoms with Crippen molar-refractivity contribution in [2.24, 2.45) is 0 Å². The van der Waals surface area contributed by atoms with E-state index in [0.29, 0.717) is 34.4 Å². The highest BCUT2D eigenvalue weighted by Crippen LogP contribution is 2.38. The van der Waals surface area contributed by atoms with Crippen LogP contribution >= 0.6 is 23.2 Å². The Kier molecular flexibility index (Phi) is 7.86. The monoisotopic (exact) mass is 538 g/mol. The molecule has 0 spiro atoms. The summed E-state index contributed by atoms with van der Waals surface area (Å²) >= 11 is 12.8. The molecule has 0 unspecified atom stereocenters. The molecular weight excluding hydrogens is 515 g/mol. The van der Waals surface area contributed by atoms with E-state index in [9.17, 15) is 14.4 Å². The molecule has 1 saturated heterocycles. The summed E-state index contributed by atoms with van der Waals surface area (Å²) in [5, 5.41) is 3.02. The first-order valence-electron chi connectivity index (χ1n) is 11.5. The second-order valence-electron chi connectivity index (χ2n) is 8.32. The molecule has 1 aliphatic heterocycles. The Bertz CT molecular complexity index is 1430. The zero-order chi connectivity index (χ0) is 26.7. The summed E-state index contributed by atoms with van der Waals surface area (Å²) in [7, 11) is 0. The number of benzene rings is 3. The second-order valence-corrected chi connectivity index (χ2v) is 9.13. The third-order valence-corrected chi connectivity index (χ3v) is 6.54. The zero-order valence-corrected chi connectivity index (χ0v) is 21.9. The SMILES string of the molecule is CCOc1cc(/C=C2\C(=O)NC(=O)N(c3cccc(C)c3C)C2=O)cc(Cl)c1OCc1ccccc1Cl. The van der Waals surface area contributed by atoms with Crippen LogP contribution in [0.15, 0.2) is 60.2 Å². The summed E-state index contributed by atoms with van der Waals surface area (Å²) in [6, 6.07) is 14.9. The summed E-state index contributed by atoms with van der Waals surface area (Å²) in [5.74, 6) is -0.905. The molecule has 0 bridgehead atoms. The van der Waals surface area contributed by atoms with Crippen molar-refractivity contribution in [3.05, 3.63) is 92.5 Å². The van der Waals surface area contributed by atoms with Gasteiger partial charge in [0.15, 0.2) is 11.5 Å². The number of barbiturate groups is 1. The van der Waals surface area contributed by atoms with E-state index in [4.69, 9.17) is 32.7 Å². The number of aryl methyl sites for hydroxylation is 1. The number of ether oxygens (including phenoxy) is 2. The lowest BCUT2D eigenvalue weighted by atomic mass is 10.0. The van der Waals surface area contributed by atoms with Crippen LogP contribution in [0.3, 0.4) is 0 Å². The quantitative estimate of drug-likeness (QED) is 0.283. The molecule has 1 aliphatic rings. The minimum atomic E-state index is -0.808. The molecule has 37 heavy (non-hydrogen) atoms. The predicted octanol–water partition coefficient (Wildman–Crippen LogP) is 6.25. The van der Waals surface area contributed by atoms with Gasteiger partial charge in [-0.25, -0.2) is 9.69 Å². The van der Waals surface area contributed by atoms with E-state index in [-0.39, 0.29) is 17.2 Å². The highest BCUT2D eigenvalue weighted by atomic mass is 35.5. The van der Waals surface area contributed by atoms with Crippen molar-refractivity contribution in [2.45, 2.75) is 27.4 Å². The van der Waals surface area contributed by atoms with Crippen LogP contribution in [0.4, 0.5) is 10.5 Å². The molecule has 3 aromatic carbocycles. The van der Waals surface area contributed by atoms with Gasteiger partial charge in [-0.2, -0.15) is 0 Å². The molecule has 1 heterocycles. The van der Waals surface area contributed by atoms with Gasteiger partial charge in [-0.05, 0) is 67.8 Å². The van der Waals surface area contributed by atoms with Crippen LogP contribution in [0.25, 0.3) is 6.08 Å². The van der Waals surface area contributed by atoms with Gasteiger partial charge in [0.05, 0.1) is 17.3 Å². The third kappa shape index (κ3) is 5.48. The Morgan fingerprint density at radius 3 is 2.43 bits per heavy atom. The average molecular weight is 539 g/mol. The molecule has 7 nitrogen and oxygen atoms in total. The van der Waals surface area contributed by atoms with E-state index >= 15 is 0 Å². The van der Waals surface area contributed by atoms with Gasteiger partial charge in [0.25, 0.3) is 11.8 Å². The van der Waals surface area contributed by atoms with E-state index in [1.54, 1.807) is 37.3 Å². The predicted molar refractivity (Wildman–Crippen MR) is 143 cm³/mol. The van der Waals surface area contributed by atoms with Crippen LogP contribution in [0.1, 0.15) is 29.2 Å². The van der Waals surface area contributed by atoms with E-state index < -0.39 is 17.8 Å². The first kappa shape index (κ1) is 26.3. The number of carbonyl (C=O) groups is 3. The minimum Gasteiger partial charge on any atom is -0.490 e. The number of anilines is 1. The number of imide groups is 2. The fourth-order valence-electron chi connectivity index (χ4n) is 3.86. The Morgan fingerprint density at radius 2 is 1.70 bits per heavy atom. The average Bonchev–Trinajstić information content (AvgIpc) is 2.85. The van der Waals surface area contributed by atoms with Crippen molar-refractivity contribution in [1.29, 1.82) is 0 Å². The Morgan fingerprint density at radius 1 is 0.946 bits per heavy atom. The molecule has 190 valence electrons. The maximum Gasteiger partial charge on any atom is 0.335 e. The van der Waals surface area contributed by atoms with Crippen molar-refractivity contribution in [1.82, 2.24) is 5.32 Å². The number of hydrogen-bond acceptors (Lipinski definition) is 5. The van der Waals surface area contributed by atoms with Crippen LogP contribution in [0.5, 0.6) is 11.5 Å². The highest BCUT2D eigenvalue weighted by Gasteiger charge is 2.37. The normalized spacial score (nSPS) is 14.7. The maximum atomic E-state index is 13.3. The number of nitrogens with one attached hydrogen (secondary N) is 1. The zero-order valence-electron chi connectivity index (χ0n) is 20.4. The molecule has 0 atom stereocenters. The molecule has 0 radical (unpaired) electrons. The van der Waals surface area contributed by atoms with Gasteiger partial charge in [-0.1, -0.05) is 53.5 Å². The number of carbonyl (C=O) groups excluding carboxylic acids is 3. The van der Waals surface area contributed by atoms with E-state index in [2.05, 4.69) is 5.32 Å². The van der Waals surface area contributed by atoms with Crippen LogP contribution < -0.4 is 19.7 Å².